The van der Waals surface area contributed by atoms with E-state index in [9.17, 15) is 9.18 Å². The molecule has 1 N–H and O–H groups in total. The second-order valence-corrected chi connectivity index (χ2v) is 6.93. The Bertz CT molecular complexity index is 832. The highest BCUT2D eigenvalue weighted by atomic mass is 19.1. The number of carbonyl (C=O) groups is 1. The number of nitrogens with one attached hydrogen (secondary N) is 1. The Kier molecular flexibility index (Phi) is 5.50. The normalized spacial score (nSPS) is 18.4. The average Bonchev–Trinajstić information content (AvgIpc) is 3.18. The molecule has 4 rings (SSSR count). The number of hydrogen-bond acceptors (Lipinski definition) is 6. The van der Waals surface area contributed by atoms with Gasteiger partial charge in [-0.2, -0.15) is 0 Å². The van der Waals surface area contributed by atoms with Crippen LogP contribution in [0.4, 0.5) is 10.3 Å². The first kappa shape index (κ1) is 18.8. The van der Waals surface area contributed by atoms with E-state index in [4.69, 9.17) is 9.47 Å². The van der Waals surface area contributed by atoms with Crippen molar-refractivity contribution in [1.29, 1.82) is 0 Å². The minimum absolute atomic E-state index is 0.132. The molecule has 28 heavy (non-hydrogen) atoms. The van der Waals surface area contributed by atoms with E-state index in [-0.39, 0.29) is 11.7 Å². The van der Waals surface area contributed by atoms with Crippen molar-refractivity contribution >= 4 is 11.9 Å². The van der Waals surface area contributed by atoms with Gasteiger partial charge in [0.05, 0.1) is 13.2 Å². The Morgan fingerprint density at radius 1 is 1.18 bits per heavy atom. The van der Waals surface area contributed by atoms with E-state index in [1.54, 1.807) is 35.4 Å². The molecular formula is C20H23FN4O3. The number of amides is 1. The number of carbonyl (C=O) groups excluding carboxylic acids is 1. The van der Waals surface area contributed by atoms with Gasteiger partial charge in [0.15, 0.2) is 5.79 Å². The van der Waals surface area contributed by atoms with Crippen LogP contribution < -0.4 is 5.32 Å². The molecule has 0 saturated carbocycles. The molecule has 1 aromatic carbocycles. The monoisotopic (exact) mass is 386 g/mol. The van der Waals surface area contributed by atoms with Gasteiger partial charge >= 0.3 is 0 Å². The lowest BCUT2D eigenvalue weighted by molar-refractivity contribution is -0.181. The number of aromatic nitrogens is 2. The van der Waals surface area contributed by atoms with Crippen molar-refractivity contribution in [2.45, 2.75) is 25.0 Å². The standard InChI is InChI=1S/C20H23FN4O3/c21-16-4-2-1-3-15(16)5-9-22-19-23-10-6-17(24-19)18(26)25-11-7-20(8-12-25)27-13-14-28-20/h1-4,6,10H,5,7-9,11-14H2,(H,22,23,24). The zero-order valence-electron chi connectivity index (χ0n) is 15.6. The molecule has 0 aliphatic carbocycles. The molecule has 2 fully saturated rings. The molecule has 0 atom stereocenters. The molecule has 3 heterocycles. The number of anilines is 1. The van der Waals surface area contributed by atoms with Crippen molar-refractivity contribution < 1.29 is 18.7 Å². The minimum atomic E-state index is -0.512. The number of benzene rings is 1. The van der Waals surface area contributed by atoms with Gasteiger partial charge in [-0.3, -0.25) is 4.79 Å². The predicted octanol–water partition coefficient (Wildman–Crippen LogP) is 2.25. The third kappa shape index (κ3) is 4.13. The summed E-state index contributed by atoms with van der Waals surface area (Å²) in [4.78, 5) is 23.0. The summed E-state index contributed by atoms with van der Waals surface area (Å²) in [7, 11) is 0. The summed E-state index contributed by atoms with van der Waals surface area (Å²) in [6.07, 6.45) is 3.39. The maximum atomic E-state index is 13.7. The van der Waals surface area contributed by atoms with Crippen molar-refractivity contribution in [3.63, 3.8) is 0 Å². The fourth-order valence-corrected chi connectivity index (χ4v) is 3.57. The number of halogens is 1. The SMILES string of the molecule is O=C(c1ccnc(NCCc2ccccc2F)n1)N1CCC2(CC1)OCCO2. The lowest BCUT2D eigenvalue weighted by Crippen LogP contribution is -2.47. The van der Waals surface area contributed by atoms with Crippen LogP contribution in [0, 0.1) is 5.82 Å². The largest absolute Gasteiger partial charge is 0.354 e. The third-order valence-electron chi connectivity index (χ3n) is 5.14. The second kappa shape index (κ2) is 8.20. The zero-order chi connectivity index (χ0) is 19.4. The highest BCUT2D eigenvalue weighted by Crippen LogP contribution is 2.31. The Balaban J connectivity index is 1.33. The molecule has 0 radical (unpaired) electrons. The summed E-state index contributed by atoms with van der Waals surface area (Å²) in [5, 5.41) is 3.06. The van der Waals surface area contributed by atoms with Crippen LogP contribution >= 0.6 is 0 Å². The van der Waals surface area contributed by atoms with E-state index in [1.165, 1.54) is 6.07 Å². The number of piperidine rings is 1. The van der Waals surface area contributed by atoms with Gasteiger partial charge in [-0.05, 0) is 24.1 Å². The maximum absolute atomic E-state index is 13.7. The highest BCUT2D eigenvalue weighted by molar-refractivity contribution is 5.92. The zero-order valence-corrected chi connectivity index (χ0v) is 15.6. The van der Waals surface area contributed by atoms with E-state index in [0.29, 0.717) is 69.3 Å². The lowest BCUT2D eigenvalue weighted by atomic mass is 10.0. The minimum Gasteiger partial charge on any atom is -0.354 e. The molecule has 2 saturated heterocycles. The molecule has 2 aliphatic heterocycles. The smallest absolute Gasteiger partial charge is 0.272 e. The molecule has 7 nitrogen and oxygen atoms in total. The Morgan fingerprint density at radius 3 is 2.68 bits per heavy atom. The van der Waals surface area contributed by atoms with Gasteiger partial charge in [0.1, 0.15) is 11.5 Å². The van der Waals surface area contributed by atoms with E-state index < -0.39 is 5.79 Å². The van der Waals surface area contributed by atoms with E-state index in [2.05, 4.69) is 15.3 Å². The number of nitrogens with zero attached hydrogens (tertiary/aromatic N) is 3. The van der Waals surface area contributed by atoms with Crippen molar-refractivity contribution in [2.75, 3.05) is 38.2 Å². The Labute approximate surface area is 162 Å². The van der Waals surface area contributed by atoms with E-state index in [1.807, 2.05) is 0 Å². The maximum Gasteiger partial charge on any atom is 0.272 e. The van der Waals surface area contributed by atoms with Gasteiger partial charge in [-0.25, -0.2) is 14.4 Å². The van der Waals surface area contributed by atoms with Crippen LogP contribution in [0.3, 0.4) is 0 Å². The van der Waals surface area contributed by atoms with Gasteiger partial charge in [0.2, 0.25) is 5.95 Å². The van der Waals surface area contributed by atoms with Crippen LogP contribution in [-0.2, 0) is 15.9 Å². The average molecular weight is 386 g/mol. The van der Waals surface area contributed by atoms with Gasteiger partial charge < -0.3 is 19.7 Å². The fraction of sp³-hybridized carbons (Fsp3) is 0.450. The van der Waals surface area contributed by atoms with Crippen LogP contribution in [-0.4, -0.2) is 59.4 Å². The molecular weight excluding hydrogens is 363 g/mol. The number of hydrogen-bond donors (Lipinski definition) is 1. The van der Waals surface area contributed by atoms with Gasteiger partial charge in [0.25, 0.3) is 5.91 Å². The Morgan fingerprint density at radius 2 is 1.93 bits per heavy atom. The summed E-state index contributed by atoms with van der Waals surface area (Å²) < 4.78 is 25.1. The first-order valence-corrected chi connectivity index (χ1v) is 9.53. The first-order chi connectivity index (χ1) is 13.7. The van der Waals surface area contributed by atoms with Crippen molar-refractivity contribution in [3.05, 3.63) is 53.6 Å². The summed E-state index contributed by atoms with van der Waals surface area (Å²) in [6, 6.07) is 8.27. The molecule has 148 valence electrons. The van der Waals surface area contributed by atoms with Crippen LogP contribution in [0.25, 0.3) is 0 Å². The molecule has 0 bridgehead atoms. The molecule has 1 spiro atoms. The number of ether oxygens (including phenoxy) is 2. The highest BCUT2D eigenvalue weighted by Gasteiger charge is 2.41. The Hall–Kier alpha value is -2.58. The number of likely N-dealkylation sites (tertiary alicyclic amines) is 1. The molecule has 8 heteroatoms. The summed E-state index contributed by atoms with van der Waals surface area (Å²) in [6.45, 7) is 2.83. The number of rotatable bonds is 5. The van der Waals surface area contributed by atoms with Crippen molar-refractivity contribution in [2.24, 2.45) is 0 Å². The summed E-state index contributed by atoms with van der Waals surface area (Å²) in [5.41, 5.74) is 0.966. The quantitative estimate of drug-likeness (QED) is 0.849. The van der Waals surface area contributed by atoms with Gasteiger partial charge in [-0.1, -0.05) is 18.2 Å². The summed E-state index contributed by atoms with van der Waals surface area (Å²) in [5.74, 6) is -0.514. The molecule has 0 unspecified atom stereocenters. The van der Waals surface area contributed by atoms with Gasteiger partial charge in [0, 0.05) is 38.7 Å². The summed E-state index contributed by atoms with van der Waals surface area (Å²) >= 11 is 0. The fourth-order valence-electron chi connectivity index (χ4n) is 3.57. The molecule has 1 amide bonds. The topological polar surface area (TPSA) is 76.6 Å². The predicted molar refractivity (Wildman–Crippen MR) is 100 cm³/mol. The van der Waals surface area contributed by atoms with E-state index >= 15 is 0 Å². The molecule has 2 aliphatic rings. The van der Waals surface area contributed by atoms with Crippen LogP contribution in [0.5, 0.6) is 0 Å². The van der Waals surface area contributed by atoms with Crippen molar-refractivity contribution in [1.82, 2.24) is 14.9 Å². The van der Waals surface area contributed by atoms with E-state index in [0.717, 1.165) is 0 Å². The first-order valence-electron chi connectivity index (χ1n) is 9.53. The van der Waals surface area contributed by atoms with Crippen LogP contribution in [0.1, 0.15) is 28.9 Å². The molecule has 1 aromatic heterocycles. The van der Waals surface area contributed by atoms with Crippen LogP contribution in [0.15, 0.2) is 36.5 Å². The van der Waals surface area contributed by atoms with Crippen molar-refractivity contribution in [3.8, 4) is 0 Å². The third-order valence-corrected chi connectivity index (χ3v) is 5.14. The lowest BCUT2D eigenvalue weighted by Gasteiger charge is -2.37. The van der Waals surface area contributed by atoms with Crippen LogP contribution in [0.2, 0.25) is 0 Å². The molecule has 2 aromatic rings. The van der Waals surface area contributed by atoms with Gasteiger partial charge in [-0.15, -0.1) is 0 Å². The second-order valence-electron chi connectivity index (χ2n) is 6.93.